The summed E-state index contributed by atoms with van der Waals surface area (Å²) in [4.78, 5) is 16.6. The highest BCUT2D eigenvalue weighted by Crippen LogP contribution is 2.22. The summed E-state index contributed by atoms with van der Waals surface area (Å²) >= 11 is 1.38. The zero-order chi connectivity index (χ0) is 14.4. The number of nitrogens with two attached hydrogens (primary N) is 1. The quantitative estimate of drug-likeness (QED) is 0.623. The molecule has 106 valence electrons. The Morgan fingerprint density at radius 1 is 1.35 bits per heavy atom. The molecule has 0 unspecified atom stereocenters. The summed E-state index contributed by atoms with van der Waals surface area (Å²) in [6.45, 7) is 1.20. The van der Waals surface area contributed by atoms with Crippen LogP contribution in [0.2, 0.25) is 0 Å². The third-order valence-electron chi connectivity index (χ3n) is 2.64. The standard InChI is InChI=1S/C14H16N2O3S/c1-18-6-7-19-12-5-3-2-4-10(12)14(17)11-9-20-13(8-15)16-11/h2-5,9H,6-8,15H2,1H3. The molecule has 0 spiro atoms. The number of aromatic nitrogens is 1. The highest BCUT2D eigenvalue weighted by Gasteiger charge is 2.17. The van der Waals surface area contributed by atoms with Crippen molar-refractivity contribution in [2.45, 2.75) is 6.54 Å². The van der Waals surface area contributed by atoms with Crippen LogP contribution >= 0.6 is 11.3 Å². The van der Waals surface area contributed by atoms with E-state index in [9.17, 15) is 4.79 Å². The van der Waals surface area contributed by atoms with Gasteiger partial charge in [0.25, 0.3) is 0 Å². The van der Waals surface area contributed by atoms with Crippen molar-refractivity contribution in [3.8, 4) is 5.75 Å². The number of benzene rings is 1. The molecule has 0 saturated carbocycles. The predicted octanol–water partition coefficient (Wildman–Crippen LogP) is 1.86. The Morgan fingerprint density at radius 3 is 2.85 bits per heavy atom. The normalized spacial score (nSPS) is 10.5. The zero-order valence-electron chi connectivity index (χ0n) is 11.2. The minimum atomic E-state index is -0.158. The Kier molecular flexibility index (Phi) is 5.23. The van der Waals surface area contributed by atoms with E-state index >= 15 is 0 Å². The van der Waals surface area contributed by atoms with Gasteiger partial charge in [-0.25, -0.2) is 4.98 Å². The largest absolute Gasteiger partial charge is 0.490 e. The fourth-order valence-electron chi connectivity index (χ4n) is 1.66. The number of methoxy groups -OCH3 is 1. The van der Waals surface area contributed by atoms with Crippen LogP contribution in [0.15, 0.2) is 29.6 Å². The lowest BCUT2D eigenvalue weighted by molar-refractivity contribution is 0.102. The van der Waals surface area contributed by atoms with Crippen LogP contribution in [0.5, 0.6) is 5.75 Å². The van der Waals surface area contributed by atoms with Crippen LogP contribution in [0.3, 0.4) is 0 Å². The van der Waals surface area contributed by atoms with E-state index in [1.807, 2.05) is 6.07 Å². The molecule has 0 fully saturated rings. The number of hydrogen-bond acceptors (Lipinski definition) is 6. The van der Waals surface area contributed by atoms with Gasteiger partial charge < -0.3 is 15.2 Å². The molecule has 2 aromatic rings. The van der Waals surface area contributed by atoms with Crippen molar-refractivity contribution >= 4 is 17.1 Å². The molecular weight excluding hydrogens is 276 g/mol. The van der Waals surface area contributed by atoms with Crippen LogP contribution in [0.4, 0.5) is 0 Å². The lowest BCUT2D eigenvalue weighted by Gasteiger charge is -2.09. The summed E-state index contributed by atoms with van der Waals surface area (Å²) in [5.41, 5.74) is 6.41. The monoisotopic (exact) mass is 292 g/mol. The maximum Gasteiger partial charge on any atom is 0.215 e. The molecule has 2 rings (SSSR count). The second-order valence-corrected chi connectivity index (χ2v) is 4.94. The van der Waals surface area contributed by atoms with E-state index in [4.69, 9.17) is 15.2 Å². The van der Waals surface area contributed by atoms with Gasteiger partial charge in [0.2, 0.25) is 5.78 Å². The number of rotatable bonds is 7. The molecule has 0 saturated heterocycles. The van der Waals surface area contributed by atoms with Gasteiger partial charge in [-0.2, -0.15) is 0 Å². The molecular formula is C14H16N2O3S. The molecule has 0 atom stereocenters. The van der Waals surface area contributed by atoms with Gasteiger partial charge in [0.15, 0.2) is 0 Å². The molecule has 0 radical (unpaired) electrons. The number of nitrogens with zero attached hydrogens (tertiary/aromatic N) is 1. The van der Waals surface area contributed by atoms with Crippen LogP contribution in [-0.2, 0) is 11.3 Å². The topological polar surface area (TPSA) is 74.4 Å². The molecule has 0 aliphatic heterocycles. The number of para-hydroxylation sites is 1. The van der Waals surface area contributed by atoms with E-state index in [0.29, 0.717) is 36.8 Å². The summed E-state index contributed by atoms with van der Waals surface area (Å²) in [5.74, 6) is 0.380. The van der Waals surface area contributed by atoms with Gasteiger partial charge in [0.05, 0.1) is 12.2 Å². The second-order valence-electron chi connectivity index (χ2n) is 4.00. The molecule has 0 aliphatic carbocycles. The number of carbonyl (C=O) groups is 1. The molecule has 1 aromatic carbocycles. The van der Waals surface area contributed by atoms with Crippen LogP contribution in [0, 0.1) is 0 Å². The minimum Gasteiger partial charge on any atom is -0.490 e. The maximum absolute atomic E-state index is 12.4. The van der Waals surface area contributed by atoms with E-state index in [2.05, 4.69) is 4.98 Å². The molecule has 0 bridgehead atoms. The Balaban J connectivity index is 2.20. The smallest absolute Gasteiger partial charge is 0.215 e. The zero-order valence-corrected chi connectivity index (χ0v) is 12.0. The van der Waals surface area contributed by atoms with Gasteiger partial charge >= 0.3 is 0 Å². The van der Waals surface area contributed by atoms with Crippen LogP contribution < -0.4 is 10.5 Å². The highest BCUT2D eigenvalue weighted by atomic mass is 32.1. The van der Waals surface area contributed by atoms with E-state index in [0.717, 1.165) is 5.01 Å². The number of hydrogen-bond donors (Lipinski definition) is 1. The Hall–Kier alpha value is -1.76. The molecule has 0 amide bonds. The number of ether oxygens (including phenoxy) is 2. The Morgan fingerprint density at radius 2 is 2.15 bits per heavy atom. The van der Waals surface area contributed by atoms with Crippen molar-refractivity contribution in [1.82, 2.24) is 4.98 Å². The molecule has 20 heavy (non-hydrogen) atoms. The van der Waals surface area contributed by atoms with E-state index in [1.54, 1.807) is 30.7 Å². The Labute approximate surface area is 121 Å². The molecule has 1 heterocycles. The maximum atomic E-state index is 12.4. The summed E-state index contributed by atoms with van der Waals surface area (Å²) in [5, 5.41) is 2.46. The number of ketones is 1. The number of carbonyl (C=O) groups excluding carboxylic acids is 1. The summed E-state index contributed by atoms with van der Waals surface area (Å²) in [6.07, 6.45) is 0. The number of thiazole rings is 1. The van der Waals surface area contributed by atoms with Crippen molar-refractivity contribution in [3.05, 3.63) is 45.9 Å². The van der Waals surface area contributed by atoms with Crippen LogP contribution in [0.1, 0.15) is 21.1 Å². The van der Waals surface area contributed by atoms with Crippen molar-refractivity contribution in [3.63, 3.8) is 0 Å². The molecule has 0 aliphatic rings. The SMILES string of the molecule is COCCOc1ccccc1C(=O)c1csc(CN)n1. The van der Waals surface area contributed by atoms with Crippen LogP contribution in [-0.4, -0.2) is 31.1 Å². The van der Waals surface area contributed by atoms with Gasteiger partial charge in [-0.3, -0.25) is 4.79 Å². The third kappa shape index (κ3) is 3.41. The van der Waals surface area contributed by atoms with Crippen molar-refractivity contribution < 1.29 is 14.3 Å². The fraction of sp³-hybridized carbons (Fsp3) is 0.286. The van der Waals surface area contributed by atoms with Crippen molar-refractivity contribution in [2.24, 2.45) is 5.73 Å². The molecule has 1 aromatic heterocycles. The predicted molar refractivity (Wildman–Crippen MR) is 77.3 cm³/mol. The first kappa shape index (κ1) is 14.6. The molecule has 5 nitrogen and oxygen atoms in total. The average molecular weight is 292 g/mol. The van der Waals surface area contributed by atoms with Crippen LogP contribution in [0.25, 0.3) is 0 Å². The van der Waals surface area contributed by atoms with Crippen molar-refractivity contribution in [1.29, 1.82) is 0 Å². The Bertz CT molecular complexity index is 583. The van der Waals surface area contributed by atoms with Gasteiger partial charge in [0.1, 0.15) is 23.1 Å². The third-order valence-corrected chi connectivity index (χ3v) is 3.51. The first-order valence-electron chi connectivity index (χ1n) is 6.16. The van der Waals surface area contributed by atoms with Gasteiger partial charge in [0, 0.05) is 19.0 Å². The summed E-state index contributed by atoms with van der Waals surface area (Å²) < 4.78 is 10.5. The van der Waals surface area contributed by atoms with E-state index in [-0.39, 0.29) is 5.78 Å². The van der Waals surface area contributed by atoms with Gasteiger partial charge in [-0.1, -0.05) is 12.1 Å². The minimum absolute atomic E-state index is 0.158. The van der Waals surface area contributed by atoms with Gasteiger partial charge in [-0.15, -0.1) is 11.3 Å². The first-order valence-corrected chi connectivity index (χ1v) is 7.04. The van der Waals surface area contributed by atoms with E-state index in [1.165, 1.54) is 11.3 Å². The first-order chi connectivity index (χ1) is 9.76. The summed E-state index contributed by atoms with van der Waals surface area (Å²) in [6, 6.07) is 7.11. The fourth-order valence-corrected chi connectivity index (χ4v) is 2.32. The lowest BCUT2D eigenvalue weighted by Crippen LogP contribution is -2.09. The molecule has 2 N–H and O–H groups in total. The van der Waals surface area contributed by atoms with Gasteiger partial charge in [-0.05, 0) is 12.1 Å². The average Bonchev–Trinajstić information content (AvgIpc) is 2.96. The van der Waals surface area contributed by atoms with Crippen molar-refractivity contribution in [2.75, 3.05) is 20.3 Å². The second kappa shape index (κ2) is 7.14. The van der Waals surface area contributed by atoms with E-state index < -0.39 is 0 Å². The molecule has 6 heteroatoms. The highest BCUT2D eigenvalue weighted by molar-refractivity contribution is 7.09. The lowest BCUT2D eigenvalue weighted by atomic mass is 10.1. The summed E-state index contributed by atoms with van der Waals surface area (Å²) in [7, 11) is 1.60.